The normalized spacial score (nSPS) is 17.9. The van der Waals surface area contributed by atoms with Crippen molar-refractivity contribution in [2.45, 2.75) is 31.7 Å². The van der Waals surface area contributed by atoms with Crippen LogP contribution in [0.5, 0.6) is 0 Å². The van der Waals surface area contributed by atoms with Crippen molar-refractivity contribution < 1.29 is 29.1 Å². The van der Waals surface area contributed by atoms with E-state index in [1.54, 1.807) is 30.3 Å². The molecule has 4 rings (SSSR count). The lowest BCUT2D eigenvalue weighted by Crippen LogP contribution is -2.54. The van der Waals surface area contributed by atoms with Gasteiger partial charge in [-0.05, 0) is 36.1 Å². The standard InChI is InChI=1S/C23H21N3O6/c27-18-9-8-17(21(30)25-18)26-22(31)15-2-1-3-16(20(15)23(26)32)24-11-10-13-4-6-14(7-5-13)12-19(28)29/h1-7,17,24H,8-12H2,(H,28,29)(H,25,27,30). The number of nitrogens with zero attached hydrogens (tertiary/aromatic N) is 1. The van der Waals surface area contributed by atoms with Crippen LogP contribution in [0.25, 0.3) is 0 Å². The lowest BCUT2D eigenvalue weighted by atomic mass is 10.0. The van der Waals surface area contributed by atoms with Crippen LogP contribution in [0.4, 0.5) is 5.69 Å². The van der Waals surface area contributed by atoms with E-state index in [9.17, 15) is 24.0 Å². The molecule has 0 aromatic heterocycles. The highest BCUT2D eigenvalue weighted by molar-refractivity contribution is 6.25. The van der Waals surface area contributed by atoms with E-state index in [2.05, 4.69) is 10.6 Å². The number of imide groups is 2. The second-order valence-electron chi connectivity index (χ2n) is 7.74. The quantitative estimate of drug-likeness (QED) is 0.560. The maximum atomic E-state index is 13.1. The number of benzene rings is 2. The first-order valence-electron chi connectivity index (χ1n) is 10.2. The third kappa shape index (κ3) is 4.09. The molecule has 0 radical (unpaired) electrons. The molecule has 1 atom stereocenters. The van der Waals surface area contributed by atoms with Crippen LogP contribution < -0.4 is 10.6 Å². The highest BCUT2D eigenvalue weighted by atomic mass is 16.4. The number of nitrogens with one attached hydrogen (secondary N) is 2. The number of rotatable bonds is 7. The Bertz CT molecular complexity index is 1130. The molecule has 9 nitrogen and oxygen atoms in total. The van der Waals surface area contributed by atoms with E-state index >= 15 is 0 Å². The minimum atomic E-state index is -1.00. The van der Waals surface area contributed by atoms with Crippen molar-refractivity contribution >= 4 is 35.3 Å². The number of carboxylic acids is 1. The number of hydrogen-bond donors (Lipinski definition) is 3. The third-order valence-electron chi connectivity index (χ3n) is 5.58. The van der Waals surface area contributed by atoms with Crippen LogP contribution >= 0.6 is 0 Å². The van der Waals surface area contributed by atoms with Crippen molar-refractivity contribution in [3.05, 3.63) is 64.7 Å². The molecule has 32 heavy (non-hydrogen) atoms. The Morgan fingerprint density at radius 1 is 1.03 bits per heavy atom. The molecule has 2 aliphatic rings. The number of anilines is 1. The summed E-state index contributed by atoms with van der Waals surface area (Å²) >= 11 is 0. The molecule has 164 valence electrons. The molecule has 0 spiro atoms. The Hall–Kier alpha value is -4.01. The predicted molar refractivity (Wildman–Crippen MR) is 113 cm³/mol. The smallest absolute Gasteiger partial charge is 0.307 e. The zero-order chi connectivity index (χ0) is 22.8. The zero-order valence-corrected chi connectivity index (χ0v) is 17.1. The van der Waals surface area contributed by atoms with Crippen LogP contribution in [0, 0.1) is 0 Å². The monoisotopic (exact) mass is 435 g/mol. The van der Waals surface area contributed by atoms with Crippen molar-refractivity contribution in [3.63, 3.8) is 0 Å². The molecule has 1 saturated heterocycles. The molecular formula is C23H21N3O6. The summed E-state index contributed by atoms with van der Waals surface area (Å²) in [6.45, 7) is 0.481. The number of carbonyl (C=O) groups excluding carboxylic acids is 4. The van der Waals surface area contributed by atoms with E-state index in [-0.39, 0.29) is 30.4 Å². The molecule has 0 saturated carbocycles. The first-order valence-corrected chi connectivity index (χ1v) is 10.2. The first-order chi connectivity index (χ1) is 15.3. The molecule has 4 amide bonds. The van der Waals surface area contributed by atoms with Crippen molar-refractivity contribution in [1.82, 2.24) is 10.2 Å². The van der Waals surface area contributed by atoms with E-state index in [0.29, 0.717) is 24.2 Å². The molecule has 0 bridgehead atoms. The first kappa shape index (κ1) is 21.2. The fourth-order valence-electron chi connectivity index (χ4n) is 4.00. The van der Waals surface area contributed by atoms with E-state index < -0.39 is 35.6 Å². The van der Waals surface area contributed by atoms with Crippen LogP contribution in [0.2, 0.25) is 0 Å². The molecule has 3 N–H and O–H groups in total. The second-order valence-corrected chi connectivity index (χ2v) is 7.74. The van der Waals surface area contributed by atoms with Crippen LogP contribution in [-0.2, 0) is 27.2 Å². The lowest BCUT2D eigenvalue weighted by Gasteiger charge is -2.27. The van der Waals surface area contributed by atoms with Crippen LogP contribution in [0.15, 0.2) is 42.5 Å². The molecule has 1 fully saturated rings. The summed E-state index contributed by atoms with van der Waals surface area (Å²) in [5.74, 6) is -3.04. The average Bonchev–Trinajstić information content (AvgIpc) is 3.00. The van der Waals surface area contributed by atoms with Crippen molar-refractivity contribution in [1.29, 1.82) is 0 Å². The Kier molecular flexibility index (Phi) is 5.72. The van der Waals surface area contributed by atoms with Crippen LogP contribution in [0.1, 0.15) is 44.7 Å². The van der Waals surface area contributed by atoms with Gasteiger partial charge in [-0.3, -0.25) is 34.2 Å². The fraction of sp³-hybridized carbons (Fsp3) is 0.261. The van der Waals surface area contributed by atoms with Gasteiger partial charge in [0.2, 0.25) is 11.8 Å². The molecule has 2 aliphatic heterocycles. The summed E-state index contributed by atoms with van der Waals surface area (Å²) in [6, 6.07) is 11.2. The second kappa shape index (κ2) is 8.62. The zero-order valence-electron chi connectivity index (χ0n) is 17.1. The number of amides is 4. The predicted octanol–water partition coefficient (Wildman–Crippen LogP) is 1.37. The SMILES string of the molecule is O=C(O)Cc1ccc(CCNc2cccc3c2C(=O)N(C2CCC(=O)NC2=O)C3=O)cc1. The minimum Gasteiger partial charge on any atom is -0.481 e. The molecule has 2 heterocycles. The van der Waals surface area contributed by atoms with Gasteiger partial charge in [0.15, 0.2) is 0 Å². The van der Waals surface area contributed by atoms with E-state index in [4.69, 9.17) is 5.11 Å². The maximum Gasteiger partial charge on any atom is 0.307 e. The summed E-state index contributed by atoms with van der Waals surface area (Å²) in [6.07, 6.45) is 0.765. The number of fused-ring (bicyclic) bond motifs is 1. The number of carboxylic acid groups (broad SMARTS) is 1. The Labute approximate surface area is 183 Å². The van der Waals surface area contributed by atoms with Crippen LogP contribution in [0.3, 0.4) is 0 Å². The summed E-state index contributed by atoms with van der Waals surface area (Å²) in [7, 11) is 0. The summed E-state index contributed by atoms with van der Waals surface area (Å²) < 4.78 is 0. The largest absolute Gasteiger partial charge is 0.481 e. The van der Waals surface area contributed by atoms with Gasteiger partial charge in [0.05, 0.1) is 17.5 Å². The highest BCUT2D eigenvalue weighted by Gasteiger charge is 2.45. The van der Waals surface area contributed by atoms with E-state index in [0.717, 1.165) is 10.5 Å². The van der Waals surface area contributed by atoms with Gasteiger partial charge in [0, 0.05) is 18.7 Å². The van der Waals surface area contributed by atoms with Gasteiger partial charge in [-0.25, -0.2) is 0 Å². The van der Waals surface area contributed by atoms with Crippen molar-refractivity contribution in [3.8, 4) is 0 Å². The topological polar surface area (TPSA) is 133 Å². The average molecular weight is 435 g/mol. The Morgan fingerprint density at radius 3 is 2.44 bits per heavy atom. The minimum absolute atomic E-state index is 0.0332. The molecule has 1 unspecified atom stereocenters. The van der Waals surface area contributed by atoms with Gasteiger partial charge in [0.25, 0.3) is 11.8 Å². The summed E-state index contributed by atoms with van der Waals surface area (Å²) in [5.41, 5.74) is 2.65. The van der Waals surface area contributed by atoms with E-state index in [1.807, 2.05) is 12.1 Å². The van der Waals surface area contributed by atoms with Gasteiger partial charge in [-0.1, -0.05) is 30.3 Å². The third-order valence-corrected chi connectivity index (χ3v) is 5.58. The summed E-state index contributed by atoms with van der Waals surface area (Å²) in [4.78, 5) is 61.3. The molecular weight excluding hydrogens is 414 g/mol. The number of hydrogen-bond acceptors (Lipinski definition) is 6. The van der Waals surface area contributed by atoms with Gasteiger partial charge in [-0.2, -0.15) is 0 Å². The summed E-state index contributed by atoms with van der Waals surface area (Å²) in [5, 5.41) is 14.2. The van der Waals surface area contributed by atoms with Gasteiger partial charge >= 0.3 is 5.97 Å². The lowest BCUT2D eigenvalue weighted by molar-refractivity contribution is -0.137. The number of piperidine rings is 1. The Balaban J connectivity index is 1.45. The fourth-order valence-corrected chi connectivity index (χ4v) is 4.00. The number of carbonyl (C=O) groups is 5. The maximum absolute atomic E-state index is 13.1. The molecule has 2 aromatic carbocycles. The molecule has 9 heteroatoms. The van der Waals surface area contributed by atoms with Crippen molar-refractivity contribution in [2.75, 3.05) is 11.9 Å². The van der Waals surface area contributed by atoms with Gasteiger partial charge < -0.3 is 10.4 Å². The van der Waals surface area contributed by atoms with Gasteiger partial charge in [0.1, 0.15) is 6.04 Å². The number of aliphatic carboxylic acids is 1. The van der Waals surface area contributed by atoms with Gasteiger partial charge in [-0.15, -0.1) is 0 Å². The molecule has 0 aliphatic carbocycles. The molecule has 2 aromatic rings. The van der Waals surface area contributed by atoms with E-state index in [1.165, 1.54) is 0 Å². The van der Waals surface area contributed by atoms with Crippen molar-refractivity contribution in [2.24, 2.45) is 0 Å². The Morgan fingerprint density at radius 2 is 1.75 bits per heavy atom. The van der Waals surface area contributed by atoms with Crippen LogP contribution in [-0.4, -0.2) is 52.2 Å². The highest BCUT2D eigenvalue weighted by Crippen LogP contribution is 2.32.